The first-order chi connectivity index (χ1) is 12.5. The zero-order valence-electron chi connectivity index (χ0n) is 17.0. The van der Waals surface area contributed by atoms with Crippen LogP contribution in [0.4, 0.5) is 4.39 Å². The average Bonchev–Trinajstić information content (AvgIpc) is 2.65. The van der Waals surface area contributed by atoms with Crippen LogP contribution < -0.4 is 15.4 Å². The Balaban J connectivity index is 0.00000364. The van der Waals surface area contributed by atoms with E-state index < -0.39 is 0 Å². The Morgan fingerprint density at radius 2 is 1.93 bits per heavy atom. The molecule has 2 rings (SSSR count). The van der Waals surface area contributed by atoms with Crippen LogP contribution in [0.2, 0.25) is 0 Å². The second-order valence-corrected chi connectivity index (χ2v) is 7.38. The van der Waals surface area contributed by atoms with Crippen molar-refractivity contribution in [2.75, 3.05) is 33.3 Å². The monoisotopic (exact) mass is 492 g/mol. The third kappa shape index (κ3) is 7.44. The van der Waals surface area contributed by atoms with Crippen molar-refractivity contribution >= 4 is 29.9 Å². The van der Waals surface area contributed by atoms with E-state index in [4.69, 9.17) is 4.74 Å². The summed E-state index contributed by atoms with van der Waals surface area (Å²) in [6, 6.07) is 4.95. The van der Waals surface area contributed by atoms with E-state index >= 15 is 0 Å². The SMILES string of the molecule is CCNC(=NCc1ccc(OC)c(F)c1)NCC(C)(C)N1CCCCC1.I. The molecule has 1 aromatic rings. The number of methoxy groups -OCH3 is 1. The molecule has 0 atom stereocenters. The molecule has 1 aromatic carbocycles. The molecule has 27 heavy (non-hydrogen) atoms. The van der Waals surface area contributed by atoms with E-state index in [0.717, 1.165) is 37.7 Å². The maximum atomic E-state index is 13.8. The molecular formula is C20H34FIN4O. The molecule has 0 radical (unpaired) electrons. The molecule has 154 valence electrons. The van der Waals surface area contributed by atoms with Gasteiger partial charge in [-0.1, -0.05) is 12.5 Å². The zero-order valence-corrected chi connectivity index (χ0v) is 19.3. The Morgan fingerprint density at radius 3 is 2.52 bits per heavy atom. The molecule has 0 amide bonds. The van der Waals surface area contributed by atoms with Crippen LogP contribution in [-0.2, 0) is 6.54 Å². The lowest BCUT2D eigenvalue weighted by Gasteiger charge is -2.41. The lowest BCUT2D eigenvalue weighted by atomic mass is 9.98. The third-order valence-electron chi connectivity index (χ3n) is 4.88. The molecule has 2 N–H and O–H groups in total. The molecule has 0 unspecified atom stereocenters. The highest BCUT2D eigenvalue weighted by atomic mass is 127. The van der Waals surface area contributed by atoms with Crippen LogP contribution in [0.15, 0.2) is 23.2 Å². The maximum absolute atomic E-state index is 13.8. The number of aliphatic imine (C=N–C) groups is 1. The minimum Gasteiger partial charge on any atom is -0.494 e. The molecule has 7 heteroatoms. The number of rotatable bonds is 7. The fourth-order valence-electron chi connectivity index (χ4n) is 3.23. The minimum atomic E-state index is -0.357. The molecule has 0 saturated carbocycles. The molecule has 1 saturated heterocycles. The van der Waals surface area contributed by atoms with E-state index in [-0.39, 0.29) is 41.1 Å². The Labute approximate surface area is 180 Å². The van der Waals surface area contributed by atoms with E-state index in [1.54, 1.807) is 6.07 Å². The van der Waals surface area contributed by atoms with Crippen molar-refractivity contribution in [3.8, 4) is 5.75 Å². The highest BCUT2D eigenvalue weighted by Gasteiger charge is 2.27. The second-order valence-electron chi connectivity index (χ2n) is 7.38. The van der Waals surface area contributed by atoms with Gasteiger partial charge in [0.05, 0.1) is 13.7 Å². The predicted molar refractivity (Wildman–Crippen MR) is 121 cm³/mol. The molecule has 0 bridgehead atoms. The van der Waals surface area contributed by atoms with Crippen molar-refractivity contribution in [3.63, 3.8) is 0 Å². The van der Waals surface area contributed by atoms with Crippen molar-refractivity contribution in [3.05, 3.63) is 29.6 Å². The average molecular weight is 492 g/mol. The van der Waals surface area contributed by atoms with Gasteiger partial charge in [0.15, 0.2) is 17.5 Å². The molecular weight excluding hydrogens is 458 g/mol. The number of hydrogen-bond donors (Lipinski definition) is 2. The summed E-state index contributed by atoms with van der Waals surface area (Å²) < 4.78 is 18.8. The standard InChI is InChI=1S/C20H33FN4O.HI/c1-5-22-19(23-14-16-9-10-18(26-4)17(21)13-16)24-15-20(2,3)25-11-7-6-8-12-25;/h9-10,13H,5-8,11-12,14-15H2,1-4H3,(H2,22,23,24);1H. The van der Waals surface area contributed by atoms with Crippen LogP contribution in [0.5, 0.6) is 5.75 Å². The summed E-state index contributed by atoms with van der Waals surface area (Å²) in [5.41, 5.74) is 0.888. The van der Waals surface area contributed by atoms with Gasteiger partial charge in [0, 0.05) is 18.6 Å². The first-order valence-corrected chi connectivity index (χ1v) is 9.56. The Hall–Kier alpha value is -1.09. The first kappa shape index (κ1) is 23.9. The van der Waals surface area contributed by atoms with Crippen LogP contribution in [0.1, 0.15) is 45.6 Å². The molecule has 1 heterocycles. The van der Waals surface area contributed by atoms with E-state index in [1.165, 1.54) is 32.4 Å². The van der Waals surface area contributed by atoms with Gasteiger partial charge in [0.25, 0.3) is 0 Å². The third-order valence-corrected chi connectivity index (χ3v) is 4.88. The molecule has 0 aliphatic carbocycles. The van der Waals surface area contributed by atoms with E-state index in [9.17, 15) is 4.39 Å². The maximum Gasteiger partial charge on any atom is 0.191 e. The van der Waals surface area contributed by atoms with Gasteiger partial charge in [-0.2, -0.15) is 0 Å². The van der Waals surface area contributed by atoms with Crippen LogP contribution >= 0.6 is 24.0 Å². The van der Waals surface area contributed by atoms with Gasteiger partial charge in [-0.3, -0.25) is 4.90 Å². The van der Waals surface area contributed by atoms with Gasteiger partial charge < -0.3 is 15.4 Å². The number of likely N-dealkylation sites (tertiary alicyclic amines) is 1. The van der Waals surface area contributed by atoms with Crippen LogP contribution in [0.25, 0.3) is 0 Å². The largest absolute Gasteiger partial charge is 0.494 e. The molecule has 5 nitrogen and oxygen atoms in total. The lowest BCUT2D eigenvalue weighted by molar-refractivity contribution is 0.0982. The molecule has 1 aliphatic rings. The van der Waals surface area contributed by atoms with E-state index in [1.807, 2.05) is 13.0 Å². The van der Waals surface area contributed by atoms with Gasteiger partial charge >= 0.3 is 0 Å². The highest BCUT2D eigenvalue weighted by Crippen LogP contribution is 2.20. The Kier molecular flexibility index (Phi) is 10.4. The summed E-state index contributed by atoms with van der Waals surface area (Å²) >= 11 is 0. The van der Waals surface area contributed by atoms with Crippen LogP contribution in [-0.4, -0.2) is 49.7 Å². The number of nitrogens with zero attached hydrogens (tertiary/aromatic N) is 2. The predicted octanol–water partition coefficient (Wildman–Crippen LogP) is 3.77. The number of hydrogen-bond acceptors (Lipinski definition) is 3. The van der Waals surface area contributed by atoms with Crippen molar-refractivity contribution in [1.29, 1.82) is 0 Å². The van der Waals surface area contributed by atoms with Crippen molar-refractivity contribution in [2.24, 2.45) is 4.99 Å². The minimum absolute atomic E-state index is 0. The fourth-order valence-corrected chi connectivity index (χ4v) is 3.23. The molecule has 1 fully saturated rings. The second kappa shape index (κ2) is 11.7. The molecule has 0 aromatic heterocycles. The lowest BCUT2D eigenvalue weighted by Crippen LogP contribution is -2.54. The highest BCUT2D eigenvalue weighted by molar-refractivity contribution is 14.0. The number of benzene rings is 1. The van der Waals surface area contributed by atoms with Crippen LogP contribution in [0.3, 0.4) is 0 Å². The van der Waals surface area contributed by atoms with Crippen molar-refractivity contribution < 1.29 is 9.13 Å². The first-order valence-electron chi connectivity index (χ1n) is 9.56. The fraction of sp³-hybridized carbons (Fsp3) is 0.650. The number of halogens is 2. The van der Waals surface area contributed by atoms with Gasteiger partial charge in [0.2, 0.25) is 0 Å². The van der Waals surface area contributed by atoms with Gasteiger partial charge in [-0.25, -0.2) is 9.38 Å². The number of piperidine rings is 1. The van der Waals surface area contributed by atoms with Gasteiger partial charge in [-0.05, 0) is 64.4 Å². The smallest absolute Gasteiger partial charge is 0.191 e. The number of guanidine groups is 1. The number of ether oxygens (including phenoxy) is 1. The quantitative estimate of drug-likeness (QED) is 0.346. The summed E-state index contributed by atoms with van der Waals surface area (Å²) in [5, 5.41) is 6.71. The molecule has 1 aliphatic heterocycles. The van der Waals surface area contributed by atoms with Gasteiger partial charge in [0.1, 0.15) is 0 Å². The summed E-state index contributed by atoms with van der Waals surface area (Å²) in [4.78, 5) is 7.14. The number of nitrogens with one attached hydrogen (secondary N) is 2. The normalized spacial score (nSPS) is 15.8. The topological polar surface area (TPSA) is 48.9 Å². The summed E-state index contributed by atoms with van der Waals surface area (Å²) in [6.07, 6.45) is 3.89. The molecule has 0 spiro atoms. The van der Waals surface area contributed by atoms with Crippen molar-refractivity contribution in [1.82, 2.24) is 15.5 Å². The zero-order chi connectivity index (χ0) is 19.0. The van der Waals surface area contributed by atoms with E-state index in [0.29, 0.717) is 6.54 Å². The Morgan fingerprint density at radius 1 is 1.22 bits per heavy atom. The van der Waals surface area contributed by atoms with E-state index in [2.05, 4.69) is 34.4 Å². The summed E-state index contributed by atoms with van der Waals surface area (Å²) in [6.45, 7) is 10.9. The van der Waals surface area contributed by atoms with Crippen LogP contribution in [0, 0.1) is 5.82 Å². The van der Waals surface area contributed by atoms with Crippen molar-refractivity contribution in [2.45, 2.75) is 52.1 Å². The Bertz CT molecular complexity index is 604. The summed E-state index contributed by atoms with van der Waals surface area (Å²) in [7, 11) is 1.47. The summed E-state index contributed by atoms with van der Waals surface area (Å²) in [5.74, 6) is 0.657. The van der Waals surface area contributed by atoms with Gasteiger partial charge in [-0.15, -0.1) is 24.0 Å².